The van der Waals surface area contributed by atoms with Gasteiger partial charge in [0.2, 0.25) is 0 Å². The average Bonchev–Trinajstić information content (AvgIpc) is 3.16. The molecule has 0 spiro atoms. The number of benzene rings is 2. The van der Waals surface area contributed by atoms with E-state index in [2.05, 4.69) is 10.6 Å². The van der Waals surface area contributed by atoms with Crippen LogP contribution >= 0.6 is 11.6 Å². The Morgan fingerprint density at radius 3 is 2.37 bits per heavy atom. The summed E-state index contributed by atoms with van der Waals surface area (Å²) in [6, 6.07) is 10.3. The minimum absolute atomic E-state index is 0.0986. The maximum absolute atomic E-state index is 12.5. The number of rotatable bonds is 5. The van der Waals surface area contributed by atoms with Gasteiger partial charge in [0.25, 0.3) is 11.8 Å². The van der Waals surface area contributed by atoms with E-state index in [0.29, 0.717) is 28.4 Å². The van der Waals surface area contributed by atoms with Crippen molar-refractivity contribution in [3.63, 3.8) is 0 Å². The van der Waals surface area contributed by atoms with E-state index >= 15 is 0 Å². The minimum Gasteiger partial charge on any atom is -0.376 e. The summed E-state index contributed by atoms with van der Waals surface area (Å²) in [5.74, 6) is -0.440. The Hall–Kier alpha value is -2.37. The fourth-order valence-electron chi connectivity index (χ4n) is 3.15. The first-order valence-corrected chi connectivity index (χ1v) is 9.40. The molecule has 2 aromatic rings. The van der Waals surface area contributed by atoms with Gasteiger partial charge in [0.1, 0.15) is 0 Å². The molecule has 1 aliphatic heterocycles. The average molecular weight is 387 g/mol. The molecule has 1 unspecified atom stereocenters. The number of hydrogen-bond donors (Lipinski definition) is 2. The summed E-state index contributed by atoms with van der Waals surface area (Å²) in [5, 5.41) is 6.22. The molecule has 5 nitrogen and oxygen atoms in total. The number of carbonyl (C=O) groups is 2. The maximum Gasteiger partial charge on any atom is 0.255 e. The predicted molar refractivity (Wildman–Crippen MR) is 107 cm³/mol. The lowest BCUT2D eigenvalue weighted by atomic mass is 10.1. The van der Waals surface area contributed by atoms with Crippen molar-refractivity contribution in [3.05, 3.63) is 63.7 Å². The van der Waals surface area contributed by atoms with E-state index in [4.69, 9.17) is 16.3 Å². The van der Waals surface area contributed by atoms with E-state index in [-0.39, 0.29) is 17.9 Å². The van der Waals surface area contributed by atoms with E-state index in [1.807, 2.05) is 26.0 Å². The lowest BCUT2D eigenvalue weighted by Crippen LogP contribution is -2.31. The molecule has 2 N–H and O–H groups in total. The number of anilines is 1. The van der Waals surface area contributed by atoms with Crippen molar-refractivity contribution in [2.75, 3.05) is 18.5 Å². The first-order chi connectivity index (χ1) is 12.9. The molecule has 6 heteroatoms. The van der Waals surface area contributed by atoms with Crippen LogP contribution in [0.25, 0.3) is 0 Å². The molecule has 2 aromatic carbocycles. The Kier molecular flexibility index (Phi) is 6.14. The van der Waals surface area contributed by atoms with Gasteiger partial charge in [-0.1, -0.05) is 17.7 Å². The zero-order valence-electron chi connectivity index (χ0n) is 15.5. The van der Waals surface area contributed by atoms with Crippen molar-refractivity contribution in [2.45, 2.75) is 32.8 Å². The number of amides is 2. The van der Waals surface area contributed by atoms with E-state index in [1.54, 1.807) is 24.3 Å². The Labute approximate surface area is 164 Å². The van der Waals surface area contributed by atoms with Crippen molar-refractivity contribution < 1.29 is 14.3 Å². The summed E-state index contributed by atoms with van der Waals surface area (Å²) in [6.45, 7) is 5.12. The van der Waals surface area contributed by atoms with Gasteiger partial charge in [-0.3, -0.25) is 9.59 Å². The minimum atomic E-state index is -0.268. The molecule has 1 aliphatic rings. The summed E-state index contributed by atoms with van der Waals surface area (Å²) in [6.07, 6.45) is 2.11. The van der Waals surface area contributed by atoms with Crippen molar-refractivity contribution in [1.29, 1.82) is 0 Å². The molecule has 1 heterocycles. The normalized spacial score (nSPS) is 16.2. The fraction of sp³-hybridized carbons (Fsp3) is 0.333. The standard InChI is InChI=1S/C21H23ClN2O3/c1-13-10-14(2)19(18(22)11-13)24-21(26)16-7-5-15(6-8-16)20(25)23-12-17-4-3-9-27-17/h5-8,10-11,17H,3-4,9,12H2,1-2H3,(H,23,25)(H,24,26). The zero-order chi connectivity index (χ0) is 19.4. The lowest BCUT2D eigenvalue weighted by Gasteiger charge is -2.12. The molecule has 0 aliphatic carbocycles. The number of halogens is 1. The van der Waals surface area contributed by atoms with E-state index in [0.717, 1.165) is 30.6 Å². The van der Waals surface area contributed by atoms with Gasteiger partial charge in [0.15, 0.2) is 0 Å². The van der Waals surface area contributed by atoms with Crippen LogP contribution in [0.15, 0.2) is 36.4 Å². The van der Waals surface area contributed by atoms with E-state index in [1.165, 1.54) is 0 Å². The van der Waals surface area contributed by atoms with Crippen molar-refractivity contribution in [2.24, 2.45) is 0 Å². The van der Waals surface area contributed by atoms with Gasteiger partial charge in [-0.05, 0) is 68.1 Å². The maximum atomic E-state index is 12.5. The summed E-state index contributed by atoms with van der Waals surface area (Å²) >= 11 is 6.24. The van der Waals surface area contributed by atoms with E-state index < -0.39 is 0 Å². The highest BCUT2D eigenvalue weighted by Gasteiger charge is 2.17. The molecular weight excluding hydrogens is 364 g/mol. The molecule has 2 amide bonds. The Balaban J connectivity index is 1.62. The highest BCUT2D eigenvalue weighted by molar-refractivity contribution is 6.34. The highest BCUT2D eigenvalue weighted by Crippen LogP contribution is 2.27. The van der Waals surface area contributed by atoms with Crippen LogP contribution in [0.1, 0.15) is 44.7 Å². The van der Waals surface area contributed by atoms with Crippen LogP contribution in [0.5, 0.6) is 0 Å². The van der Waals surface area contributed by atoms with Crippen molar-refractivity contribution in [3.8, 4) is 0 Å². The Morgan fingerprint density at radius 2 is 1.78 bits per heavy atom. The molecular formula is C21H23ClN2O3. The predicted octanol–water partition coefficient (Wildman–Crippen LogP) is 4.12. The van der Waals surface area contributed by atoms with Gasteiger partial charge in [-0.2, -0.15) is 0 Å². The zero-order valence-corrected chi connectivity index (χ0v) is 16.2. The molecule has 142 valence electrons. The van der Waals surface area contributed by atoms with Gasteiger partial charge in [-0.15, -0.1) is 0 Å². The fourth-order valence-corrected chi connectivity index (χ4v) is 3.52. The molecule has 0 radical (unpaired) electrons. The Bertz CT molecular complexity index is 820. The van der Waals surface area contributed by atoms with Crippen molar-refractivity contribution >= 4 is 29.1 Å². The van der Waals surface area contributed by atoms with Crippen LogP contribution in [0.4, 0.5) is 5.69 Å². The molecule has 1 fully saturated rings. The number of hydrogen-bond acceptors (Lipinski definition) is 3. The summed E-state index contributed by atoms with van der Waals surface area (Å²) in [5.41, 5.74) is 3.51. The number of nitrogens with one attached hydrogen (secondary N) is 2. The van der Waals surface area contributed by atoms with Crippen LogP contribution in [-0.2, 0) is 4.74 Å². The number of ether oxygens (including phenoxy) is 1. The SMILES string of the molecule is Cc1cc(C)c(NC(=O)c2ccc(C(=O)NCC3CCCO3)cc2)c(Cl)c1. The van der Waals surface area contributed by atoms with Gasteiger partial charge in [-0.25, -0.2) is 0 Å². The summed E-state index contributed by atoms with van der Waals surface area (Å²) in [4.78, 5) is 24.7. The molecule has 0 saturated carbocycles. The molecule has 0 bridgehead atoms. The molecule has 1 atom stereocenters. The van der Waals surface area contributed by atoms with Crippen LogP contribution in [0.3, 0.4) is 0 Å². The van der Waals surface area contributed by atoms with Crippen LogP contribution in [0, 0.1) is 13.8 Å². The van der Waals surface area contributed by atoms with Crippen LogP contribution in [0.2, 0.25) is 5.02 Å². The van der Waals surface area contributed by atoms with Crippen LogP contribution in [-0.4, -0.2) is 31.1 Å². The number of carbonyl (C=O) groups excluding carboxylic acids is 2. The van der Waals surface area contributed by atoms with Gasteiger partial charge < -0.3 is 15.4 Å². The van der Waals surface area contributed by atoms with Crippen LogP contribution < -0.4 is 10.6 Å². The third kappa shape index (κ3) is 4.87. The second kappa shape index (κ2) is 8.55. The molecule has 0 aromatic heterocycles. The van der Waals surface area contributed by atoms with Gasteiger partial charge >= 0.3 is 0 Å². The van der Waals surface area contributed by atoms with Gasteiger partial charge in [0, 0.05) is 24.3 Å². The highest BCUT2D eigenvalue weighted by atomic mass is 35.5. The molecule has 3 rings (SSSR count). The first kappa shape index (κ1) is 19.4. The smallest absolute Gasteiger partial charge is 0.255 e. The molecule has 27 heavy (non-hydrogen) atoms. The third-order valence-electron chi connectivity index (χ3n) is 4.59. The lowest BCUT2D eigenvalue weighted by molar-refractivity contribution is 0.0857. The monoisotopic (exact) mass is 386 g/mol. The summed E-state index contributed by atoms with van der Waals surface area (Å²) < 4.78 is 5.49. The molecule has 1 saturated heterocycles. The van der Waals surface area contributed by atoms with E-state index in [9.17, 15) is 9.59 Å². The first-order valence-electron chi connectivity index (χ1n) is 9.02. The topological polar surface area (TPSA) is 67.4 Å². The quantitative estimate of drug-likeness (QED) is 0.812. The van der Waals surface area contributed by atoms with Crippen molar-refractivity contribution in [1.82, 2.24) is 5.32 Å². The third-order valence-corrected chi connectivity index (χ3v) is 4.89. The second-order valence-corrected chi connectivity index (χ2v) is 7.22. The van der Waals surface area contributed by atoms with Gasteiger partial charge in [0.05, 0.1) is 16.8 Å². The largest absolute Gasteiger partial charge is 0.376 e. The summed E-state index contributed by atoms with van der Waals surface area (Å²) in [7, 11) is 0. The second-order valence-electron chi connectivity index (χ2n) is 6.82. The Morgan fingerprint density at radius 1 is 1.11 bits per heavy atom. The number of aryl methyl sites for hydroxylation is 2.